The van der Waals surface area contributed by atoms with E-state index in [9.17, 15) is 4.79 Å². The Balaban J connectivity index is 2.54. The summed E-state index contributed by atoms with van der Waals surface area (Å²) in [4.78, 5) is 11.9. The van der Waals surface area contributed by atoms with E-state index >= 15 is 0 Å². The van der Waals surface area contributed by atoms with Gasteiger partial charge in [0.15, 0.2) is 0 Å². The zero-order valence-corrected chi connectivity index (χ0v) is 12.0. The highest BCUT2D eigenvalue weighted by molar-refractivity contribution is 5.79. The van der Waals surface area contributed by atoms with Crippen LogP contribution < -0.4 is 5.32 Å². The molecule has 1 unspecified atom stereocenters. The number of carbonyl (C=O) groups is 1. The van der Waals surface area contributed by atoms with Crippen LogP contribution in [-0.4, -0.2) is 29.3 Å². The molecular weight excluding hydrogens is 244 g/mol. The summed E-state index contributed by atoms with van der Waals surface area (Å²) in [7, 11) is 0. The maximum atomic E-state index is 11.9. The van der Waals surface area contributed by atoms with E-state index in [0.717, 1.165) is 29.9 Å². The fraction of sp³-hybridized carbons (Fsp3) is 0.714. The molecular formula is C14H24N2O3. The molecule has 19 heavy (non-hydrogen) atoms. The van der Waals surface area contributed by atoms with Gasteiger partial charge in [-0.1, -0.05) is 25.9 Å². The number of hydrogen-bond donors (Lipinski definition) is 2. The number of aryl methyl sites for hydroxylation is 2. The number of carbonyl (C=O) groups excluding carboxylic acids is 1. The van der Waals surface area contributed by atoms with Crippen molar-refractivity contribution in [2.45, 2.75) is 46.5 Å². The second-order valence-corrected chi connectivity index (χ2v) is 4.84. The molecule has 2 N–H and O–H groups in total. The third-order valence-corrected chi connectivity index (χ3v) is 3.21. The summed E-state index contributed by atoms with van der Waals surface area (Å²) < 4.78 is 5.24. The quantitative estimate of drug-likeness (QED) is 0.748. The summed E-state index contributed by atoms with van der Waals surface area (Å²) in [6.45, 7) is 6.74. The van der Waals surface area contributed by atoms with Crippen molar-refractivity contribution in [3.8, 4) is 0 Å². The first-order valence-electron chi connectivity index (χ1n) is 6.96. The first kappa shape index (κ1) is 15.7. The molecule has 1 rings (SSSR count). The van der Waals surface area contributed by atoms with Crippen LogP contribution in [0.25, 0.3) is 0 Å². The highest BCUT2D eigenvalue weighted by Crippen LogP contribution is 2.16. The SMILES string of the molecule is CCc1noc(CC)c1CC(=O)NCC(C)CCO. The number of aromatic nitrogens is 1. The Bertz CT molecular complexity index is 380. The fourth-order valence-corrected chi connectivity index (χ4v) is 1.97. The number of aliphatic hydroxyl groups excluding tert-OH is 1. The van der Waals surface area contributed by atoms with E-state index in [-0.39, 0.29) is 18.4 Å². The minimum Gasteiger partial charge on any atom is -0.396 e. The molecule has 0 spiro atoms. The molecule has 0 aromatic carbocycles. The Morgan fingerprint density at radius 1 is 1.42 bits per heavy atom. The van der Waals surface area contributed by atoms with Crippen molar-refractivity contribution in [2.75, 3.05) is 13.2 Å². The Hall–Kier alpha value is -1.36. The molecule has 0 fully saturated rings. The van der Waals surface area contributed by atoms with Gasteiger partial charge in [-0.25, -0.2) is 0 Å². The van der Waals surface area contributed by atoms with Crippen LogP contribution in [0, 0.1) is 5.92 Å². The van der Waals surface area contributed by atoms with Crippen LogP contribution in [0.3, 0.4) is 0 Å². The van der Waals surface area contributed by atoms with Gasteiger partial charge >= 0.3 is 0 Å². The zero-order chi connectivity index (χ0) is 14.3. The summed E-state index contributed by atoms with van der Waals surface area (Å²) in [5, 5.41) is 15.7. The number of rotatable bonds is 8. The third-order valence-electron chi connectivity index (χ3n) is 3.21. The predicted octanol–water partition coefficient (Wildman–Crippen LogP) is 1.48. The second kappa shape index (κ2) is 7.94. The highest BCUT2D eigenvalue weighted by Gasteiger charge is 2.16. The van der Waals surface area contributed by atoms with Gasteiger partial charge in [0, 0.05) is 25.1 Å². The van der Waals surface area contributed by atoms with E-state index in [1.165, 1.54) is 0 Å². The van der Waals surface area contributed by atoms with E-state index in [1.807, 2.05) is 20.8 Å². The molecule has 0 aliphatic heterocycles. The minimum absolute atomic E-state index is 0.0163. The fourth-order valence-electron chi connectivity index (χ4n) is 1.97. The smallest absolute Gasteiger partial charge is 0.224 e. The van der Waals surface area contributed by atoms with Gasteiger partial charge in [0.2, 0.25) is 5.91 Å². The lowest BCUT2D eigenvalue weighted by Gasteiger charge is -2.11. The topological polar surface area (TPSA) is 75.4 Å². The van der Waals surface area contributed by atoms with Crippen LogP contribution in [0.5, 0.6) is 0 Å². The van der Waals surface area contributed by atoms with Crippen molar-refractivity contribution in [3.63, 3.8) is 0 Å². The molecule has 1 aromatic heterocycles. The molecule has 0 radical (unpaired) electrons. The van der Waals surface area contributed by atoms with Gasteiger partial charge in [0.25, 0.3) is 0 Å². The largest absolute Gasteiger partial charge is 0.396 e. The molecule has 1 amide bonds. The van der Waals surface area contributed by atoms with Gasteiger partial charge in [-0.3, -0.25) is 4.79 Å². The van der Waals surface area contributed by atoms with Crippen LogP contribution in [-0.2, 0) is 24.1 Å². The number of amides is 1. The lowest BCUT2D eigenvalue weighted by Crippen LogP contribution is -2.30. The summed E-state index contributed by atoms with van der Waals surface area (Å²) in [6.07, 6.45) is 2.54. The monoisotopic (exact) mass is 268 g/mol. The van der Waals surface area contributed by atoms with Gasteiger partial charge in [-0.05, 0) is 18.8 Å². The molecule has 0 saturated carbocycles. The van der Waals surface area contributed by atoms with Gasteiger partial charge in [0.1, 0.15) is 5.76 Å². The molecule has 108 valence electrons. The van der Waals surface area contributed by atoms with Crippen molar-refractivity contribution in [2.24, 2.45) is 5.92 Å². The Kier molecular flexibility index (Phi) is 6.56. The first-order valence-corrected chi connectivity index (χ1v) is 6.96. The van der Waals surface area contributed by atoms with E-state index in [1.54, 1.807) is 0 Å². The molecule has 5 nitrogen and oxygen atoms in total. The molecule has 0 aliphatic rings. The minimum atomic E-state index is -0.0163. The standard InChI is InChI=1S/C14H24N2O3/c1-4-12-11(13(5-2)19-16-12)8-14(18)15-9-10(3)6-7-17/h10,17H,4-9H2,1-3H3,(H,15,18). The summed E-state index contributed by atoms with van der Waals surface area (Å²) in [5.41, 5.74) is 1.80. The van der Waals surface area contributed by atoms with Crippen LogP contribution in [0.2, 0.25) is 0 Å². The molecule has 1 aromatic rings. The predicted molar refractivity (Wildman–Crippen MR) is 72.8 cm³/mol. The van der Waals surface area contributed by atoms with Gasteiger partial charge in [-0.2, -0.15) is 0 Å². The van der Waals surface area contributed by atoms with Gasteiger partial charge < -0.3 is 14.9 Å². The molecule has 0 aliphatic carbocycles. The average Bonchev–Trinajstić information content (AvgIpc) is 2.78. The van der Waals surface area contributed by atoms with Crippen LogP contribution in [0.4, 0.5) is 0 Å². The lowest BCUT2D eigenvalue weighted by molar-refractivity contribution is -0.120. The Morgan fingerprint density at radius 3 is 2.74 bits per heavy atom. The third kappa shape index (κ3) is 4.67. The van der Waals surface area contributed by atoms with E-state index < -0.39 is 0 Å². The van der Waals surface area contributed by atoms with Gasteiger partial charge in [-0.15, -0.1) is 0 Å². The maximum absolute atomic E-state index is 11.9. The summed E-state index contributed by atoms with van der Waals surface area (Å²) in [6, 6.07) is 0. The lowest BCUT2D eigenvalue weighted by atomic mass is 10.1. The van der Waals surface area contributed by atoms with E-state index in [0.29, 0.717) is 19.4 Å². The Morgan fingerprint density at radius 2 is 2.16 bits per heavy atom. The van der Waals surface area contributed by atoms with Crippen LogP contribution in [0.15, 0.2) is 4.52 Å². The summed E-state index contributed by atoms with van der Waals surface area (Å²) in [5.74, 6) is 1.07. The second-order valence-electron chi connectivity index (χ2n) is 4.84. The number of nitrogens with one attached hydrogen (secondary N) is 1. The van der Waals surface area contributed by atoms with Crippen LogP contribution in [0.1, 0.15) is 44.2 Å². The zero-order valence-electron chi connectivity index (χ0n) is 12.0. The molecule has 0 bridgehead atoms. The van der Waals surface area contributed by atoms with Crippen molar-refractivity contribution in [1.82, 2.24) is 10.5 Å². The number of nitrogens with zero attached hydrogens (tertiary/aromatic N) is 1. The number of hydrogen-bond acceptors (Lipinski definition) is 4. The molecule has 0 saturated heterocycles. The molecule has 5 heteroatoms. The van der Waals surface area contributed by atoms with Crippen molar-refractivity contribution in [1.29, 1.82) is 0 Å². The number of aliphatic hydroxyl groups is 1. The normalized spacial score (nSPS) is 12.4. The molecule has 1 atom stereocenters. The maximum Gasteiger partial charge on any atom is 0.224 e. The van der Waals surface area contributed by atoms with Crippen molar-refractivity contribution < 1.29 is 14.4 Å². The van der Waals surface area contributed by atoms with Crippen molar-refractivity contribution in [3.05, 3.63) is 17.0 Å². The van der Waals surface area contributed by atoms with Crippen molar-refractivity contribution >= 4 is 5.91 Å². The molecule has 1 heterocycles. The van der Waals surface area contributed by atoms with E-state index in [4.69, 9.17) is 9.63 Å². The van der Waals surface area contributed by atoms with E-state index in [2.05, 4.69) is 10.5 Å². The van der Waals surface area contributed by atoms with Crippen LogP contribution >= 0.6 is 0 Å². The highest BCUT2D eigenvalue weighted by atomic mass is 16.5. The van der Waals surface area contributed by atoms with Gasteiger partial charge in [0.05, 0.1) is 12.1 Å². The summed E-state index contributed by atoms with van der Waals surface area (Å²) >= 11 is 0. The average molecular weight is 268 g/mol. The Labute approximate surface area is 114 Å². The first-order chi connectivity index (χ1) is 9.12.